The summed E-state index contributed by atoms with van der Waals surface area (Å²) in [5.41, 5.74) is 0. The Hall–Kier alpha value is -0.0800. The Labute approximate surface area is 104 Å². The minimum Gasteiger partial charge on any atom is -0.342 e. The zero-order valence-electron chi connectivity index (χ0n) is 6.99. The highest BCUT2D eigenvalue weighted by Crippen LogP contribution is 2.32. The maximum Gasteiger partial charge on any atom is 0.405 e. The van der Waals surface area contributed by atoms with Gasteiger partial charge in [0, 0.05) is 4.47 Å². The largest absolute Gasteiger partial charge is 0.405 e. The lowest BCUT2D eigenvalue weighted by atomic mass is 10.4. The van der Waals surface area contributed by atoms with Gasteiger partial charge in [0.2, 0.25) is 0 Å². The Morgan fingerprint density at radius 3 is 2.47 bits per heavy atom. The van der Waals surface area contributed by atoms with Gasteiger partial charge in [0.1, 0.15) is 6.54 Å². The van der Waals surface area contributed by atoms with Gasteiger partial charge in [-0.25, -0.2) is 0 Å². The van der Waals surface area contributed by atoms with Gasteiger partial charge in [0.05, 0.1) is 8.66 Å². The monoisotopic (exact) mass is 365 g/mol. The molecule has 0 radical (unpaired) electrons. The number of hydrogen-bond donors (Lipinski definition) is 1. The van der Waals surface area contributed by atoms with E-state index in [4.69, 9.17) is 0 Å². The molecule has 1 N–H and O–H groups in total. The van der Waals surface area contributed by atoms with Crippen molar-refractivity contribution in [1.29, 1.82) is 0 Å². The van der Waals surface area contributed by atoms with Crippen molar-refractivity contribution in [1.82, 2.24) is 5.32 Å². The van der Waals surface area contributed by atoms with E-state index in [-0.39, 0.29) is 4.88 Å². The van der Waals surface area contributed by atoms with Gasteiger partial charge in [0.25, 0.3) is 5.91 Å². The summed E-state index contributed by atoms with van der Waals surface area (Å²) in [6.45, 7) is -1.32. The quantitative estimate of drug-likeness (QED) is 0.851. The Morgan fingerprint density at radius 1 is 1.47 bits per heavy atom. The Bertz CT molecular complexity index is 357. The van der Waals surface area contributed by atoms with E-state index in [0.29, 0.717) is 8.26 Å². The van der Waals surface area contributed by atoms with Gasteiger partial charge < -0.3 is 5.32 Å². The Balaban J connectivity index is 2.62. The van der Waals surface area contributed by atoms with Crippen LogP contribution in [-0.4, -0.2) is 18.6 Å². The minimum absolute atomic E-state index is 0.220. The molecule has 0 spiro atoms. The van der Waals surface area contributed by atoms with Crippen molar-refractivity contribution in [3.63, 3.8) is 0 Å². The van der Waals surface area contributed by atoms with Gasteiger partial charge >= 0.3 is 6.18 Å². The lowest BCUT2D eigenvalue weighted by molar-refractivity contribution is -0.123. The van der Waals surface area contributed by atoms with Crippen LogP contribution in [0.2, 0.25) is 0 Å². The summed E-state index contributed by atoms with van der Waals surface area (Å²) in [4.78, 5) is 11.4. The predicted octanol–water partition coefficient (Wildman–Crippen LogP) is 3.57. The molecule has 0 atom stereocenters. The third kappa shape index (κ3) is 4.12. The molecule has 2 nitrogen and oxygen atoms in total. The summed E-state index contributed by atoms with van der Waals surface area (Å²) in [5.74, 6) is -0.733. The van der Waals surface area contributed by atoms with E-state index in [1.54, 1.807) is 5.32 Å². The molecule has 1 amide bonds. The van der Waals surface area contributed by atoms with Crippen LogP contribution in [0, 0.1) is 0 Å². The highest BCUT2D eigenvalue weighted by Gasteiger charge is 2.28. The van der Waals surface area contributed by atoms with E-state index in [0.717, 1.165) is 11.3 Å². The van der Waals surface area contributed by atoms with Crippen LogP contribution in [0.4, 0.5) is 13.2 Å². The number of hydrogen-bond acceptors (Lipinski definition) is 2. The maximum absolute atomic E-state index is 11.8. The number of carbonyl (C=O) groups excluding carboxylic acids is 1. The van der Waals surface area contributed by atoms with E-state index < -0.39 is 18.6 Å². The second-order valence-corrected chi connectivity index (χ2v) is 5.75. The first-order valence-corrected chi connectivity index (χ1v) is 5.99. The molecule has 0 aromatic carbocycles. The van der Waals surface area contributed by atoms with E-state index >= 15 is 0 Å². The molecule has 0 aliphatic carbocycles. The molecule has 84 valence electrons. The first kappa shape index (κ1) is 13.0. The number of amides is 1. The number of carbonyl (C=O) groups is 1. The summed E-state index contributed by atoms with van der Waals surface area (Å²) >= 11 is 7.34. The second-order valence-electron chi connectivity index (χ2n) is 2.53. The molecule has 15 heavy (non-hydrogen) atoms. The van der Waals surface area contributed by atoms with Crippen LogP contribution in [0.25, 0.3) is 0 Å². The van der Waals surface area contributed by atoms with Crippen molar-refractivity contribution >= 4 is 49.1 Å². The molecule has 8 heteroatoms. The van der Waals surface area contributed by atoms with Crippen molar-refractivity contribution in [3.05, 3.63) is 19.2 Å². The summed E-state index contributed by atoms with van der Waals surface area (Å²) in [6, 6.07) is 1.46. The molecule has 0 aliphatic rings. The first-order valence-electron chi connectivity index (χ1n) is 3.59. The normalized spacial score (nSPS) is 11.5. The number of rotatable bonds is 2. The molecule has 0 saturated carbocycles. The number of nitrogens with one attached hydrogen (secondary N) is 1. The highest BCUT2D eigenvalue weighted by atomic mass is 79.9. The van der Waals surface area contributed by atoms with Crippen LogP contribution >= 0.6 is 43.2 Å². The average molecular weight is 367 g/mol. The summed E-state index contributed by atoms with van der Waals surface area (Å²) in [6.07, 6.45) is -4.39. The molecule has 1 aromatic heterocycles. The van der Waals surface area contributed by atoms with Crippen LogP contribution in [0.15, 0.2) is 14.3 Å². The third-order valence-corrected chi connectivity index (χ3v) is 4.57. The Kier molecular flexibility index (Phi) is 4.19. The van der Waals surface area contributed by atoms with E-state index in [1.807, 2.05) is 0 Å². The first-order chi connectivity index (χ1) is 6.79. The summed E-state index contributed by atoms with van der Waals surface area (Å²) in [7, 11) is 0. The SMILES string of the molecule is O=C(NCC(F)(F)F)c1cc(Br)c(Br)s1. The van der Waals surface area contributed by atoms with Gasteiger partial charge in [-0.05, 0) is 37.9 Å². The molecule has 0 unspecified atom stereocenters. The average Bonchev–Trinajstić information content (AvgIpc) is 2.42. The lowest BCUT2D eigenvalue weighted by Gasteiger charge is -2.06. The summed E-state index contributed by atoms with van der Waals surface area (Å²) < 4.78 is 36.7. The van der Waals surface area contributed by atoms with Crippen LogP contribution in [0.1, 0.15) is 9.67 Å². The van der Waals surface area contributed by atoms with Crippen LogP contribution in [0.3, 0.4) is 0 Å². The van der Waals surface area contributed by atoms with Crippen LogP contribution in [0.5, 0.6) is 0 Å². The van der Waals surface area contributed by atoms with Crippen LogP contribution < -0.4 is 5.32 Å². The molecular weight excluding hydrogens is 363 g/mol. The van der Waals surface area contributed by atoms with Crippen molar-refractivity contribution in [2.75, 3.05) is 6.54 Å². The predicted molar refractivity (Wildman–Crippen MR) is 58.1 cm³/mol. The number of thiophene rings is 1. The van der Waals surface area contributed by atoms with Gasteiger partial charge in [-0.1, -0.05) is 0 Å². The molecule has 1 heterocycles. The molecule has 1 aromatic rings. The van der Waals surface area contributed by atoms with Gasteiger partial charge in [-0.3, -0.25) is 4.79 Å². The maximum atomic E-state index is 11.8. The fourth-order valence-corrected chi connectivity index (χ4v) is 2.68. The second kappa shape index (κ2) is 4.84. The molecule has 0 bridgehead atoms. The lowest BCUT2D eigenvalue weighted by Crippen LogP contribution is -2.33. The molecule has 1 rings (SSSR count). The number of alkyl halides is 3. The van der Waals surface area contributed by atoms with Gasteiger partial charge in [0.15, 0.2) is 0 Å². The molecule has 0 fully saturated rings. The van der Waals surface area contributed by atoms with Crippen molar-refractivity contribution in [3.8, 4) is 0 Å². The van der Waals surface area contributed by atoms with E-state index in [2.05, 4.69) is 31.9 Å². The smallest absolute Gasteiger partial charge is 0.342 e. The fraction of sp³-hybridized carbons (Fsp3) is 0.286. The van der Waals surface area contributed by atoms with E-state index in [9.17, 15) is 18.0 Å². The van der Waals surface area contributed by atoms with Crippen LogP contribution in [-0.2, 0) is 0 Å². The molecular formula is C7H4Br2F3NOS. The number of halogens is 5. The fourth-order valence-electron chi connectivity index (χ4n) is 0.726. The van der Waals surface area contributed by atoms with Crippen molar-refractivity contribution in [2.24, 2.45) is 0 Å². The zero-order chi connectivity index (χ0) is 11.6. The van der Waals surface area contributed by atoms with E-state index in [1.165, 1.54) is 6.07 Å². The molecule has 0 aliphatic heterocycles. The van der Waals surface area contributed by atoms with Crippen molar-refractivity contribution < 1.29 is 18.0 Å². The zero-order valence-corrected chi connectivity index (χ0v) is 11.0. The molecule has 0 saturated heterocycles. The van der Waals surface area contributed by atoms with Crippen molar-refractivity contribution in [2.45, 2.75) is 6.18 Å². The topological polar surface area (TPSA) is 29.1 Å². The Morgan fingerprint density at radius 2 is 2.07 bits per heavy atom. The summed E-state index contributed by atoms with van der Waals surface area (Å²) in [5, 5.41) is 1.78. The van der Waals surface area contributed by atoms with Gasteiger partial charge in [-0.2, -0.15) is 13.2 Å². The highest BCUT2D eigenvalue weighted by molar-refractivity contribution is 9.13. The minimum atomic E-state index is -4.39. The third-order valence-electron chi connectivity index (χ3n) is 1.32. The van der Waals surface area contributed by atoms with Gasteiger partial charge in [-0.15, -0.1) is 11.3 Å². The standard InChI is InChI=1S/C7H4Br2F3NOS/c8-3-1-4(15-5(3)9)6(14)13-2-7(10,11)12/h1H,2H2,(H,13,14).